The van der Waals surface area contributed by atoms with Gasteiger partial charge in [-0.1, -0.05) is 0 Å². The summed E-state index contributed by atoms with van der Waals surface area (Å²) in [5.74, 6) is 1.19. The van der Waals surface area contributed by atoms with Gasteiger partial charge in [-0.2, -0.15) is 10.2 Å². The molecule has 0 spiro atoms. The number of nitrogens with one attached hydrogen (secondary N) is 1. The van der Waals surface area contributed by atoms with Crippen LogP contribution in [0.15, 0.2) is 35.5 Å². The zero-order valence-corrected chi connectivity index (χ0v) is 18.0. The highest BCUT2D eigenvalue weighted by Gasteiger charge is 2.60. The molecule has 4 aliphatic rings. The summed E-state index contributed by atoms with van der Waals surface area (Å²) in [5, 5.41) is 13.1. The third kappa shape index (κ3) is 2.16. The summed E-state index contributed by atoms with van der Waals surface area (Å²) in [6.45, 7) is 3.00. The van der Waals surface area contributed by atoms with E-state index >= 15 is 4.39 Å². The van der Waals surface area contributed by atoms with Crippen LogP contribution in [-0.4, -0.2) is 35.2 Å². The zero-order valence-electron chi connectivity index (χ0n) is 18.0. The SMILES string of the molecule is C[C@@H]1NCCc2nn(C34CC(C3)C4)c(-n3ccn(-c4ccc5c(cnn5C)c4F)c3=O)c21. The fourth-order valence-electron chi connectivity index (χ4n) is 5.95. The Labute approximate surface area is 183 Å². The first-order chi connectivity index (χ1) is 15.5. The van der Waals surface area contributed by atoms with E-state index in [0.29, 0.717) is 10.9 Å². The van der Waals surface area contributed by atoms with E-state index in [1.165, 1.54) is 10.8 Å². The number of aryl methyl sites for hydroxylation is 1. The van der Waals surface area contributed by atoms with Gasteiger partial charge in [-0.3, -0.25) is 13.8 Å². The summed E-state index contributed by atoms with van der Waals surface area (Å²) in [6, 6.07) is 3.54. The van der Waals surface area contributed by atoms with Crippen LogP contribution >= 0.6 is 0 Å². The maximum atomic E-state index is 15.3. The molecule has 0 radical (unpaired) electrons. The summed E-state index contributed by atoms with van der Waals surface area (Å²) in [4.78, 5) is 13.6. The highest BCUT2D eigenvalue weighted by atomic mass is 19.1. The molecule has 1 N–H and O–H groups in total. The molecule has 164 valence electrons. The van der Waals surface area contributed by atoms with E-state index in [4.69, 9.17) is 5.10 Å². The fourth-order valence-corrected chi connectivity index (χ4v) is 5.95. The van der Waals surface area contributed by atoms with Crippen molar-refractivity contribution in [3.8, 4) is 11.5 Å². The van der Waals surface area contributed by atoms with Gasteiger partial charge in [0, 0.05) is 44.0 Å². The van der Waals surface area contributed by atoms with Crippen LogP contribution in [-0.2, 0) is 19.0 Å². The molecule has 3 fully saturated rings. The normalized spacial score (nSPS) is 26.1. The number of benzene rings is 1. The molecule has 3 saturated carbocycles. The van der Waals surface area contributed by atoms with Crippen molar-refractivity contribution >= 4 is 10.9 Å². The predicted octanol–water partition coefficient (Wildman–Crippen LogP) is 2.57. The molecule has 4 aromatic rings. The second-order valence-electron chi connectivity index (χ2n) is 9.64. The average Bonchev–Trinajstić information content (AvgIpc) is 3.37. The lowest BCUT2D eigenvalue weighted by molar-refractivity contribution is -0.0979. The van der Waals surface area contributed by atoms with Crippen molar-refractivity contribution in [2.24, 2.45) is 13.0 Å². The third-order valence-electron chi connectivity index (χ3n) is 7.78. The number of fused-ring (bicyclic) bond motifs is 2. The summed E-state index contributed by atoms with van der Waals surface area (Å²) in [7, 11) is 1.77. The van der Waals surface area contributed by atoms with Gasteiger partial charge in [0.2, 0.25) is 0 Å². The zero-order chi connectivity index (χ0) is 21.8. The maximum absolute atomic E-state index is 15.3. The molecule has 3 aromatic heterocycles. The van der Waals surface area contributed by atoms with Crippen LogP contribution in [0.2, 0.25) is 0 Å². The van der Waals surface area contributed by atoms with Crippen LogP contribution in [0.1, 0.15) is 43.5 Å². The van der Waals surface area contributed by atoms with Gasteiger partial charge < -0.3 is 5.32 Å². The average molecular weight is 433 g/mol. The van der Waals surface area contributed by atoms with Gasteiger partial charge in [-0.25, -0.2) is 13.9 Å². The number of hydrogen-bond donors (Lipinski definition) is 1. The summed E-state index contributed by atoms with van der Waals surface area (Å²) < 4.78 is 22.1. The van der Waals surface area contributed by atoms with Gasteiger partial charge in [-0.15, -0.1) is 0 Å². The Bertz CT molecular complexity index is 1450. The summed E-state index contributed by atoms with van der Waals surface area (Å²) in [6.07, 6.45) is 9.13. The maximum Gasteiger partial charge on any atom is 0.338 e. The lowest BCUT2D eigenvalue weighted by atomic mass is 9.50. The Morgan fingerprint density at radius 1 is 1.19 bits per heavy atom. The Morgan fingerprint density at radius 2 is 1.97 bits per heavy atom. The Morgan fingerprint density at radius 3 is 2.72 bits per heavy atom. The monoisotopic (exact) mass is 433 g/mol. The molecule has 0 unspecified atom stereocenters. The number of rotatable bonds is 3. The van der Waals surface area contributed by atoms with Crippen LogP contribution in [0.5, 0.6) is 0 Å². The Hall–Kier alpha value is -3.20. The summed E-state index contributed by atoms with van der Waals surface area (Å²) in [5.41, 5.74) is 2.82. The first kappa shape index (κ1) is 18.4. The first-order valence-electron chi connectivity index (χ1n) is 11.2. The molecule has 3 aliphatic carbocycles. The van der Waals surface area contributed by atoms with Gasteiger partial charge >= 0.3 is 5.69 Å². The quantitative estimate of drug-likeness (QED) is 0.539. The van der Waals surface area contributed by atoms with Crippen molar-refractivity contribution in [1.82, 2.24) is 34.0 Å². The molecule has 1 atom stereocenters. The minimum atomic E-state index is -0.444. The Balaban J connectivity index is 1.43. The Kier molecular flexibility index (Phi) is 3.43. The van der Waals surface area contributed by atoms with Crippen LogP contribution < -0.4 is 11.0 Å². The van der Waals surface area contributed by atoms with E-state index in [1.54, 1.807) is 40.8 Å². The van der Waals surface area contributed by atoms with E-state index in [0.717, 1.165) is 55.2 Å². The number of halogens is 1. The van der Waals surface area contributed by atoms with Gasteiger partial charge in [-0.05, 0) is 44.2 Å². The van der Waals surface area contributed by atoms with Crippen molar-refractivity contribution in [3.63, 3.8) is 0 Å². The van der Waals surface area contributed by atoms with E-state index in [-0.39, 0.29) is 23.0 Å². The van der Waals surface area contributed by atoms with Gasteiger partial charge in [0.15, 0.2) is 5.82 Å². The van der Waals surface area contributed by atoms with E-state index in [2.05, 4.69) is 22.0 Å². The highest BCUT2D eigenvalue weighted by molar-refractivity contribution is 5.81. The molecule has 9 heteroatoms. The standard InChI is InChI=1S/C23H24FN7O/c1-13-19-16(5-6-25-13)27-31(23-9-14(10-23)11-23)21(19)30-8-7-29(22(30)32)18-4-3-17-15(20(18)24)12-26-28(17)2/h3-4,7-8,12-14,25H,5-6,9-11H2,1-2H3/t13-,14?,23?/m0/s1. The third-order valence-corrected chi connectivity index (χ3v) is 7.78. The molecular formula is C23H24FN7O. The number of hydrogen-bond acceptors (Lipinski definition) is 4. The predicted molar refractivity (Wildman–Crippen MR) is 117 cm³/mol. The molecule has 0 amide bonds. The number of aromatic nitrogens is 6. The minimum absolute atomic E-state index is 0.0401. The van der Waals surface area contributed by atoms with Crippen LogP contribution in [0.25, 0.3) is 22.4 Å². The molecular weight excluding hydrogens is 409 g/mol. The first-order valence-corrected chi connectivity index (χ1v) is 11.2. The second-order valence-corrected chi connectivity index (χ2v) is 9.64. The van der Waals surface area contributed by atoms with Crippen molar-refractivity contribution in [1.29, 1.82) is 0 Å². The van der Waals surface area contributed by atoms with Gasteiger partial charge in [0.05, 0.1) is 34.0 Å². The van der Waals surface area contributed by atoms with Crippen molar-refractivity contribution in [3.05, 3.63) is 58.3 Å². The van der Waals surface area contributed by atoms with E-state index in [9.17, 15) is 4.79 Å². The molecule has 8 nitrogen and oxygen atoms in total. The van der Waals surface area contributed by atoms with Crippen LogP contribution in [0, 0.1) is 11.7 Å². The molecule has 1 aliphatic heterocycles. The summed E-state index contributed by atoms with van der Waals surface area (Å²) >= 11 is 0. The molecule has 0 saturated heterocycles. The lowest BCUT2D eigenvalue weighted by Crippen LogP contribution is -2.60. The molecule has 2 bridgehead atoms. The van der Waals surface area contributed by atoms with E-state index in [1.807, 2.05) is 0 Å². The number of imidazole rings is 1. The fraction of sp³-hybridized carbons (Fsp3) is 0.435. The second kappa shape index (κ2) is 5.98. The minimum Gasteiger partial charge on any atom is -0.310 e. The molecule has 8 rings (SSSR count). The molecule has 1 aromatic carbocycles. The van der Waals surface area contributed by atoms with Gasteiger partial charge in [0.25, 0.3) is 0 Å². The van der Waals surface area contributed by atoms with Crippen LogP contribution in [0.3, 0.4) is 0 Å². The number of nitrogens with zero attached hydrogens (tertiary/aromatic N) is 6. The topological polar surface area (TPSA) is 74.6 Å². The smallest absolute Gasteiger partial charge is 0.310 e. The molecule has 32 heavy (non-hydrogen) atoms. The lowest BCUT2D eigenvalue weighted by Gasteiger charge is -2.61. The van der Waals surface area contributed by atoms with Crippen molar-refractivity contribution in [2.75, 3.05) is 6.54 Å². The van der Waals surface area contributed by atoms with E-state index < -0.39 is 5.82 Å². The van der Waals surface area contributed by atoms with Crippen molar-refractivity contribution in [2.45, 2.75) is 44.2 Å². The van der Waals surface area contributed by atoms with Crippen molar-refractivity contribution < 1.29 is 4.39 Å². The van der Waals surface area contributed by atoms with Gasteiger partial charge in [0.1, 0.15) is 5.82 Å². The van der Waals surface area contributed by atoms with Crippen LogP contribution in [0.4, 0.5) is 4.39 Å². The molecule has 4 heterocycles. The highest BCUT2D eigenvalue weighted by Crippen LogP contribution is 2.63. The largest absolute Gasteiger partial charge is 0.338 e.